The van der Waals surface area contributed by atoms with Crippen LogP contribution in [0.1, 0.15) is 160 Å². The van der Waals surface area contributed by atoms with Crippen molar-refractivity contribution >= 4 is 24.2 Å². The zero-order chi connectivity index (χ0) is 51.8. The smallest absolute Gasteiger partial charge is 0.308 e. The molecule has 69 heavy (non-hydrogen) atoms. The highest BCUT2D eigenvalue weighted by Gasteiger charge is 2.12. The highest BCUT2D eigenvalue weighted by atomic mass is 16.5. The molecule has 1 N–H and O–H groups in total. The summed E-state index contributed by atoms with van der Waals surface area (Å²) in [7, 11) is 0. The molecular weight excluding hydrogens is 849 g/mol. The number of esters is 1. The van der Waals surface area contributed by atoms with E-state index in [9.17, 15) is 4.79 Å². The molecule has 5 heteroatoms. The molecule has 6 aromatic rings. The Morgan fingerprint density at radius 3 is 1.06 bits per heavy atom. The Kier molecular flexibility index (Phi) is 28.9. The van der Waals surface area contributed by atoms with Gasteiger partial charge in [0.15, 0.2) is 0 Å². The first-order valence-corrected chi connectivity index (χ1v) is 24.3. The van der Waals surface area contributed by atoms with Gasteiger partial charge in [0.05, 0.1) is 0 Å². The minimum atomic E-state index is -0.304. The molecule has 0 saturated heterocycles. The van der Waals surface area contributed by atoms with Crippen LogP contribution in [0.4, 0.5) is 0 Å². The van der Waals surface area contributed by atoms with Crippen LogP contribution in [0, 0.1) is 0 Å². The third kappa shape index (κ3) is 28.4. The lowest BCUT2D eigenvalue weighted by molar-refractivity contribution is -0.131. The maximum atomic E-state index is 10.5. The number of phenols is 1. The van der Waals surface area contributed by atoms with Crippen molar-refractivity contribution in [3.05, 3.63) is 211 Å². The lowest BCUT2D eigenvalue weighted by Gasteiger charge is -2.21. The number of phenolic OH excluding ortho intramolecular Hbond substituents is 1. The van der Waals surface area contributed by atoms with Crippen LogP contribution in [0.15, 0.2) is 177 Å². The predicted octanol–water partition coefficient (Wildman–Crippen LogP) is 18.6. The molecule has 370 valence electrons. The van der Waals surface area contributed by atoms with Crippen LogP contribution in [-0.4, -0.2) is 22.3 Å². The number of rotatable bonds is 12. The monoisotopic (exact) mass is 933 g/mol. The summed E-state index contributed by atoms with van der Waals surface area (Å²) in [6, 6.07) is 51.6. The van der Waals surface area contributed by atoms with Gasteiger partial charge in [-0.3, -0.25) is 4.79 Å². The second kappa shape index (κ2) is 33.0. The molecular formula is C64H84O5. The van der Waals surface area contributed by atoms with Gasteiger partial charge >= 0.3 is 5.97 Å². The van der Waals surface area contributed by atoms with E-state index < -0.39 is 0 Å². The lowest BCUT2D eigenvalue weighted by Crippen LogP contribution is -2.22. The fourth-order valence-corrected chi connectivity index (χ4v) is 5.96. The van der Waals surface area contributed by atoms with Gasteiger partial charge in [-0.2, -0.15) is 0 Å². The second-order valence-corrected chi connectivity index (χ2v) is 18.7. The molecule has 5 nitrogen and oxygen atoms in total. The van der Waals surface area contributed by atoms with Gasteiger partial charge in [-0.25, -0.2) is 0 Å². The third-order valence-electron chi connectivity index (χ3n) is 10.5. The number of hydrogen-bond donors (Lipinski definition) is 1. The van der Waals surface area contributed by atoms with Crippen molar-refractivity contribution in [1.82, 2.24) is 0 Å². The van der Waals surface area contributed by atoms with E-state index >= 15 is 0 Å². The van der Waals surface area contributed by atoms with Crippen LogP contribution in [0.2, 0.25) is 0 Å². The minimum Gasteiger partial charge on any atom is -0.508 e. The molecule has 6 rings (SSSR count). The average Bonchev–Trinajstić information content (AvgIpc) is 3.34. The van der Waals surface area contributed by atoms with E-state index in [1.165, 1.54) is 42.0 Å². The van der Waals surface area contributed by atoms with E-state index in [0.717, 1.165) is 29.0 Å². The van der Waals surface area contributed by atoms with Gasteiger partial charge < -0.3 is 19.3 Å². The Hall–Kier alpha value is -6.59. The van der Waals surface area contributed by atoms with E-state index in [4.69, 9.17) is 19.3 Å². The molecule has 0 radical (unpaired) electrons. The van der Waals surface area contributed by atoms with E-state index in [-0.39, 0.29) is 17.2 Å². The fourth-order valence-electron chi connectivity index (χ4n) is 5.96. The van der Waals surface area contributed by atoms with Crippen molar-refractivity contribution < 1.29 is 24.1 Å². The lowest BCUT2D eigenvalue weighted by atomic mass is 9.99. The Morgan fingerprint density at radius 1 is 0.464 bits per heavy atom. The van der Waals surface area contributed by atoms with Gasteiger partial charge in [-0.1, -0.05) is 189 Å². The molecule has 0 saturated carbocycles. The zero-order valence-corrected chi connectivity index (χ0v) is 44.3. The number of benzene rings is 6. The fraction of sp³-hybridized carbons (Fsp3) is 0.328. The van der Waals surface area contributed by atoms with Crippen LogP contribution in [0.5, 0.6) is 23.0 Å². The van der Waals surface area contributed by atoms with Crippen molar-refractivity contribution in [2.45, 2.75) is 138 Å². The summed E-state index contributed by atoms with van der Waals surface area (Å²) in [5.74, 6) is 4.39. The highest BCUT2D eigenvalue weighted by molar-refractivity contribution is 5.69. The molecule has 3 unspecified atom stereocenters. The highest BCUT2D eigenvalue weighted by Crippen LogP contribution is 2.24. The summed E-state index contributed by atoms with van der Waals surface area (Å²) in [6.45, 7) is 37.9. The van der Waals surface area contributed by atoms with Crippen molar-refractivity contribution in [1.29, 1.82) is 0 Å². The molecule has 0 aliphatic heterocycles. The van der Waals surface area contributed by atoms with E-state index in [0.29, 0.717) is 29.3 Å². The summed E-state index contributed by atoms with van der Waals surface area (Å²) in [6.07, 6.45) is 8.94. The molecule has 0 spiro atoms. The number of aromatic hydroxyl groups is 1. The van der Waals surface area contributed by atoms with Crippen LogP contribution >= 0.6 is 0 Å². The molecule has 0 fully saturated rings. The minimum absolute atomic E-state index is 0.113. The Balaban J connectivity index is 0.000000418. The number of hydrogen-bond acceptors (Lipinski definition) is 5. The SMILES string of the molecule is C=Cc1ccc(OC(C)(C)C)cc1.C=Cc1ccc(OC(C)=O)cc1.C=Cc1ccccc1.CCC(C)c1ccc(O)cc1.CCC(C)c1ccc(OC(C)(C)C)cc1.CCC(C)c1ccccc1. The molecule has 0 heterocycles. The first kappa shape index (κ1) is 60.4. The van der Waals surface area contributed by atoms with Crippen LogP contribution in [0.3, 0.4) is 0 Å². The number of ether oxygens (including phenoxy) is 3. The predicted molar refractivity (Wildman–Crippen MR) is 299 cm³/mol. The maximum Gasteiger partial charge on any atom is 0.308 e. The quantitative estimate of drug-likeness (QED) is 0.0978. The van der Waals surface area contributed by atoms with Crippen LogP contribution in [-0.2, 0) is 4.79 Å². The van der Waals surface area contributed by atoms with Crippen LogP contribution < -0.4 is 14.2 Å². The van der Waals surface area contributed by atoms with Crippen LogP contribution in [0.25, 0.3) is 18.2 Å². The summed E-state index contributed by atoms with van der Waals surface area (Å²) >= 11 is 0. The first-order valence-electron chi connectivity index (χ1n) is 24.3. The summed E-state index contributed by atoms with van der Waals surface area (Å²) in [5.41, 5.74) is 7.18. The second-order valence-electron chi connectivity index (χ2n) is 18.7. The standard InChI is InChI=1S/C14H22O.C12H16O.C10H10O2.C10H14O.C10H14.C8H8/c1-6-11(2)12-7-9-13(10-8-12)15-14(3,4)5;1-5-10-6-8-11(9-7-10)13-12(2,3)4;1-3-9-4-6-10(7-5-9)12-8(2)11;1-3-8(2)9-4-6-10(11)7-5-9;1-3-9(2)10-7-5-4-6-8-10;1-2-8-6-4-3-5-7-8/h7-11H,6H2,1-5H3;5-9H,1H2,2-4H3;3-7H,1H2,2H3;4-8,11H,3H2,1-2H3;4-9H,3H2,1-2H3;2-7H,1H2. The number of carbonyl (C=O) groups is 1. The molecule has 0 aliphatic carbocycles. The van der Waals surface area contributed by atoms with Crippen molar-refractivity contribution in [3.8, 4) is 23.0 Å². The van der Waals surface area contributed by atoms with Crippen molar-refractivity contribution in [3.63, 3.8) is 0 Å². The van der Waals surface area contributed by atoms with Gasteiger partial charge in [0, 0.05) is 6.92 Å². The van der Waals surface area contributed by atoms with E-state index in [2.05, 4.69) is 137 Å². The normalized spacial score (nSPS) is 11.6. The van der Waals surface area contributed by atoms with Gasteiger partial charge in [-0.05, 0) is 160 Å². The number of carbonyl (C=O) groups excluding carboxylic acids is 1. The maximum absolute atomic E-state index is 10.5. The van der Waals surface area contributed by atoms with Gasteiger partial charge in [0.2, 0.25) is 0 Å². The molecule has 6 aromatic carbocycles. The van der Waals surface area contributed by atoms with Gasteiger partial charge in [-0.15, -0.1) is 0 Å². The van der Waals surface area contributed by atoms with E-state index in [1.807, 2.05) is 112 Å². The largest absolute Gasteiger partial charge is 0.508 e. The van der Waals surface area contributed by atoms with Crippen molar-refractivity contribution in [2.24, 2.45) is 0 Å². The van der Waals surface area contributed by atoms with Crippen molar-refractivity contribution in [2.75, 3.05) is 0 Å². The Labute approximate surface area is 418 Å². The Morgan fingerprint density at radius 2 is 0.754 bits per heavy atom. The first-order chi connectivity index (χ1) is 32.7. The summed E-state index contributed by atoms with van der Waals surface area (Å²) in [4.78, 5) is 10.5. The van der Waals surface area contributed by atoms with Gasteiger partial charge in [0.1, 0.15) is 34.2 Å². The molecule has 0 amide bonds. The summed E-state index contributed by atoms with van der Waals surface area (Å²) in [5, 5.41) is 9.01. The molecule has 0 bridgehead atoms. The third-order valence-corrected chi connectivity index (χ3v) is 10.5. The summed E-state index contributed by atoms with van der Waals surface area (Å²) < 4.78 is 16.3. The van der Waals surface area contributed by atoms with Gasteiger partial charge in [0.25, 0.3) is 0 Å². The topological polar surface area (TPSA) is 65.0 Å². The van der Waals surface area contributed by atoms with E-state index in [1.54, 1.807) is 30.3 Å². The zero-order valence-electron chi connectivity index (χ0n) is 44.3. The molecule has 3 atom stereocenters. The molecule has 0 aliphatic rings. The Bertz CT molecular complexity index is 2260. The average molecular weight is 933 g/mol. The molecule has 0 aromatic heterocycles.